The van der Waals surface area contributed by atoms with E-state index in [1.807, 2.05) is 18.3 Å². The minimum absolute atomic E-state index is 0.110. The highest BCUT2D eigenvalue weighted by molar-refractivity contribution is 5.92. The smallest absolute Gasteiger partial charge is 0.156 e. The minimum Gasteiger partial charge on any atom is -0.295 e. The molecular formula is C16H19NO. The van der Waals surface area contributed by atoms with Gasteiger partial charge in [-0.1, -0.05) is 25.5 Å². The molecule has 0 amide bonds. The monoisotopic (exact) mass is 241 g/mol. The second-order valence-corrected chi connectivity index (χ2v) is 6.34. The summed E-state index contributed by atoms with van der Waals surface area (Å²) in [4.78, 5) is 16.4. The van der Waals surface area contributed by atoms with E-state index in [1.165, 1.54) is 16.8 Å². The third-order valence-electron chi connectivity index (χ3n) is 4.09. The molecule has 1 heterocycles. The van der Waals surface area contributed by atoms with Crippen LogP contribution >= 0.6 is 0 Å². The molecule has 1 aromatic heterocycles. The minimum atomic E-state index is 0.110. The van der Waals surface area contributed by atoms with Crippen LogP contribution in [0.4, 0.5) is 0 Å². The number of fused-ring (bicyclic) bond motifs is 1. The molecule has 0 radical (unpaired) electrons. The zero-order chi connectivity index (χ0) is 12.8. The molecule has 1 aromatic rings. The normalized spacial score (nSPS) is 25.8. The zero-order valence-electron chi connectivity index (χ0n) is 11.1. The van der Waals surface area contributed by atoms with Gasteiger partial charge < -0.3 is 0 Å². The maximum Gasteiger partial charge on any atom is 0.156 e. The summed E-state index contributed by atoms with van der Waals surface area (Å²) in [6.07, 6.45) is 7.67. The number of rotatable bonds is 1. The van der Waals surface area contributed by atoms with E-state index < -0.39 is 0 Å². The highest BCUT2D eigenvalue weighted by atomic mass is 16.1. The summed E-state index contributed by atoms with van der Waals surface area (Å²) in [5, 5.41) is 0. The molecule has 0 spiro atoms. The summed E-state index contributed by atoms with van der Waals surface area (Å²) in [5.74, 6) is 0.662. The number of nitrogens with zero attached hydrogens (tertiary/aromatic N) is 1. The van der Waals surface area contributed by atoms with Crippen molar-refractivity contribution in [1.29, 1.82) is 0 Å². The fraction of sp³-hybridized carbons (Fsp3) is 0.500. The number of aryl methyl sites for hydroxylation is 1. The first-order valence-corrected chi connectivity index (χ1v) is 6.72. The van der Waals surface area contributed by atoms with Crippen molar-refractivity contribution in [2.45, 2.75) is 45.4 Å². The van der Waals surface area contributed by atoms with Crippen LogP contribution in [0.5, 0.6) is 0 Å². The highest BCUT2D eigenvalue weighted by Crippen LogP contribution is 2.44. The number of pyridine rings is 1. The molecule has 18 heavy (non-hydrogen) atoms. The molecule has 2 nitrogen and oxygen atoms in total. The van der Waals surface area contributed by atoms with Gasteiger partial charge in [-0.25, -0.2) is 0 Å². The fourth-order valence-corrected chi connectivity index (χ4v) is 3.39. The van der Waals surface area contributed by atoms with E-state index in [2.05, 4.69) is 24.9 Å². The Hall–Kier alpha value is -1.44. The molecule has 0 fully saturated rings. The summed E-state index contributed by atoms with van der Waals surface area (Å²) in [6.45, 7) is 4.37. The molecule has 0 N–H and O–H groups in total. The van der Waals surface area contributed by atoms with Crippen molar-refractivity contribution in [3.8, 4) is 0 Å². The molecule has 3 rings (SSSR count). The number of hydrogen-bond donors (Lipinski definition) is 0. The lowest BCUT2D eigenvalue weighted by molar-refractivity contribution is -0.117. The molecule has 0 bridgehead atoms. The summed E-state index contributed by atoms with van der Waals surface area (Å²) in [5.41, 5.74) is 3.97. The molecule has 0 saturated carbocycles. The lowest BCUT2D eigenvalue weighted by Gasteiger charge is -2.31. The van der Waals surface area contributed by atoms with Gasteiger partial charge in [0.25, 0.3) is 0 Å². The van der Waals surface area contributed by atoms with E-state index in [0.29, 0.717) is 12.3 Å². The van der Waals surface area contributed by atoms with Gasteiger partial charge in [0.05, 0.1) is 5.69 Å². The van der Waals surface area contributed by atoms with Gasteiger partial charge in [-0.05, 0) is 42.4 Å². The van der Waals surface area contributed by atoms with Crippen LogP contribution in [-0.4, -0.2) is 10.8 Å². The highest BCUT2D eigenvalue weighted by Gasteiger charge is 2.34. The van der Waals surface area contributed by atoms with Crippen LogP contribution in [0.25, 0.3) is 0 Å². The van der Waals surface area contributed by atoms with E-state index in [-0.39, 0.29) is 11.2 Å². The number of carbonyl (C=O) groups excluding carboxylic acids is 1. The van der Waals surface area contributed by atoms with Gasteiger partial charge in [-0.15, -0.1) is 0 Å². The van der Waals surface area contributed by atoms with Crippen molar-refractivity contribution in [3.63, 3.8) is 0 Å². The van der Waals surface area contributed by atoms with Gasteiger partial charge in [-0.3, -0.25) is 9.78 Å². The van der Waals surface area contributed by atoms with Crippen LogP contribution in [0, 0.1) is 5.41 Å². The third kappa shape index (κ3) is 2.00. The number of ketones is 1. The Morgan fingerprint density at radius 3 is 2.94 bits per heavy atom. The van der Waals surface area contributed by atoms with Crippen LogP contribution in [-0.2, 0) is 11.2 Å². The maximum atomic E-state index is 11.9. The predicted octanol–water partition coefficient (Wildman–Crippen LogP) is 3.43. The van der Waals surface area contributed by atoms with E-state index in [0.717, 1.165) is 19.3 Å². The summed E-state index contributed by atoms with van der Waals surface area (Å²) >= 11 is 0. The Morgan fingerprint density at radius 1 is 1.33 bits per heavy atom. The molecule has 1 unspecified atom stereocenters. The van der Waals surface area contributed by atoms with Crippen LogP contribution < -0.4 is 0 Å². The number of allylic oxidation sites excluding steroid dienone is 2. The summed E-state index contributed by atoms with van der Waals surface area (Å²) < 4.78 is 0. The molecule has 1 atom stereocenters. The quantitative estimate of drug-likeness (QED) is 0.754. The fourth-order valence-electron chi connectivity index (χ4n) is 3.39. The molecule has 0 saturated heterocycles. The van der Waals surface area contributed by atoms with Crippen molar-refractivity contribution in [3.05, 3.63) is 41.2 Å². The number of hydrogen-bond acceptors (Lipinski definition) is 2. The Balaban J connectivity index is 1.95. The standard InChI is InChI=1S/C16H19NO/c1-16(2)9-12(8-13(18)10-16)14-6-5-11-4-3-7-17-15(11)14/h3-4,7-8,14H,5-6,9-10H2,1-2H3. The largest absolute Gasteiger partial charge is 0.295 e. The maximum absolute atomic E-state index is 11.9. The predicted molar refractivity (Wildman–Crippen MR) is 71.4 cm³/mol. The second-order valence-electron chi connectivity index (χ2n) is 6.34. The average molecular weight is 241 g/mol. The van der Waals surface area contributed by atoms with Crippen LogP contribution in [0.2, 0.25) is 0 Å². The first-order chi connectivity index (χ1) is 8.55. The van der Waals surface area contributed by atoms with Crippen molar-refractivity contribution in [2.24, 2.45) is 5.41 Å². The third-order valence-corrected chi connectivity index (χ3v) is 4.09. The van der Waals surface area contributed by atoms with Gasteiger partial charge >= 0.3 is 0 Å². The Kier molecular flexibility index (Phi) is 2.61. The van der Waals surface area contributed by atoms with Crippen LogP contribution in [0.1, 0.15) is 50.3 Å². The number of carbonyl (C=O) groups is 1. The second kappa shape index (κ2) is 4.04. The van der Waals surface area contributed by atoms with Crippen molar-refractivity contribution in [1.82, 2.24) is 4.98 Å². The van der Waals surface area contributed by atoms with Crippen LogP contribution in [0.3, 0.4) is 0 Å². The Morgan fingerprint density at radius 2 is 2.17 bits per heavy atom. The van der Waals surface area contributed by atoms with Crippen molar-refractivity contribution in [2.75, 3.05) is 0 Å². The average Bonchev–Trinajstić information content (AvgIpc) is 2.69. The van der Waals surface area contributed by atoms with Gasteiger partial charge in [0, 0.05) is 18.5 Å². The van der Waals surface area contributed by atoms with Gasteiger partial charge in [0.15, 0.2) is 5.78 Å². The van der Waals surface area contributed by atoms with E-state index in [4.69, 9.17) is 0 Å². The molecule has 94 valence electrons. The van der Waals surface area contributed by atoms with Crippen LogP contribution in [0.15, 0.2) is 30.0 Å². The molecular weight excluding hydrogens is 222 g/mol. The molecule has 2 aliphatic carbocycles. The first-order valence-electron chi connectivity index (χ1n) is 6.72. The van der Waals surface area contributed by atoms with Gasteiger partial charge in [0.2, 0.25) is 0 Å². The Labute approximate surface area is 108 Å². The molecule has 2 heteroatoms. The lowest BCUT2D eigenvalue weighted by Crippen LogP contribution is -2.23. The molecule has 0 aromatic carbocycles. The van der Waals surface area contributed by atoms with E-state index in [1.54, 1.807) is 0 Å². The zero-order valence-corrected chi connectivity index (χ0v) is 11.1. The summed E-state index contributed by atoms with van der Waals surface area (Å²) in [7, 11) is 0. The summed E-state index contributed by atoms with van der Waals surface area (Å²) in [6, 6.07) is 4.17. The number of aromatic nitrogens is 1. The molecule has 0 aliphatic heterocycles. The first kappa shape index (κ1) is 11.6. The van der Waals surface area contributed by atoms with Crippen molar-refractivity contribution >= 4 is 5.78 Å². The SMILES string of the molecule is CC1(C)CC(=O)C=C(C2CCc3cccnc32)C1. The van der Waals surface area contributed by atoms with Crippen molar-refractivity contribution < 1.29 is 4.79 Å². The van der Waals surface area contributed by atoms with Gasteiger partial charge in [0.1, 0.15) is 0 Å². The van der Waals surface area contributed by atoms with Gasteiger partial charge in [-0.2, -0.15) is 0 Å². The topological polar surface area (TPSA) is 30.0 Å². The van der Waals surface area contributed by atoms with E-state index >= 15 is 0 Å². The van der Waals surface area contributed by atoms with E-state index in [9.17, 15) is 4.79 Å². The lowest BCUT2D eigenvalue weighted by atomic mass is 9.73. The molecule has 2 aliphatic rings. The Bertz CT molecular complexity index is 528.